The van der Waals surface area contributed by atoms with Crippen molar-refractivity contribution in [2.24, 2.45) is 11.8 Å². The molecule has 7 nitrogen and oxygen atoms in total. The normalized spacial score (nSPS) is 22.5. The van der Waals surface area contributed by atoms with Gasteiger partial charge < -0.3 is 20.6 Å². The van der Waals surface area contributed by atoms with Gasteiger partial charge in [-0.25, -0.2) is 0 Å². The van der Waals surface area contributed by atoms with Crippen LogP contribution in [-0.2, 0) is 14.4 Å². The summed E-state index contributed by atoms with van der Waals surface area (Å²) >= 11 is 0. The molecule has 33 heavy (non-hydrogen) atoms. The monoisotopic (exact) mass is 457 g/mol. The Kier molecular flexibility index (Phi) is 9.73. The SMILES string of the molecule is CC1CCCCC1.O=C(O)CCCN(CC1CCNC1)C(=O)C1CC(=O)Nc2ccccc21. The van der Waals surface area contributed by atoms with Gasteiger partial charge in [0.1, 0.15) is 0 Å². The first kappa shape index (κ1) is 25.2. The van der Waals surface area contributed by atoms with E-state index in [1.165, 1.54) is 32.1 Å². The first-order chi connectivity index (χ1) is 15.9. The third-order valence-corrected chi connectivity index (χ3v) is 6.96. The maximum atomic E-state index is 13.2. The van der Waals surface area contributed by atoms with Crippen LogP contribution < -0.4 is 10.6 Å². The Morgan fingerprint density at radius 2 is 1.88 bits per heavy atom. The Bertz CT molecular complexity index is 800. The van der Waals surface area contributed by atoms with Gasteiger partial charge in [-0.15, -0.1) is 0 Å². The van der Waals surface area contributed by atoms with Crippen molar-refractivity contribution in [3.8, 4) is 0 Å². The smallest absolute Gasteiger partial charge is 0.303 e. The first-order valence-electron chi connectivity index (χ1n) is 12.5. The number of carbonyl (C=O) groups is 3. The second-order valence-corrected chi connectivity index (χ2v) is 9.78. The number of carboxylic acid groups (broad SMARTS) is 1. The minimum atomic E-state index is -0.859. The van der Waals surface area contributed by atoms with Crippen LogP contribution in [0.5, 0.6) is 0 Å². The van der Waals surface area contributed by atoms with E-state index in [-0.39, 0.29) is 24.7 Å². The average Bonchev–Trinajstić information content (AvgIpc) is 3.31. The molecule has 2 unspecified atom stereocenters. The van der Waals surface area contributed by atoms with E-state index >= 15 is 0 Å². The molecule has 0 spiro atoms. The van der Waals surface area contributed by atoms with Gasteiger partial charge in [-0.3, -0.25) is 14.4 Å². The number of hydrogen-bond donors (Lipinski definition) is 3. The van der Waals surface area contributed by atoms with Crippen LogP contribution in [0.25, 0.3) is 0 Å². The molecule has 4 rings (SSSR count). The molecule has 0 bridgehead atoms. The van der Waals surface area contributed by atoms with Gasteiger partial charge in [0.05, 0.1) is 5.92 Å². The van der Waals surface area contributed by atoms with E-state index in [1.54, 1.807) is 4.90 Å². The molecule has 2 aliphatic heterocycles. The van der Waals surface area contributed by atoms with Crippen LogP contribution in [0.3, 0.4) is 0 Å². The number of benzene rings is 1. The summed E-state index contributed by atoms with van der Waals surface area (Å²) in [5.74, 6) is -0.189. The van der Waals surface area contributed by atoms with Crippen LogP contribution in [0, 0.1) is 11.8 Å². The van der Waals surface area contributed by atoms with E-state index in [2.05, 4.69) is 17.6 Å². The van der Waals surface area contributed by atoms with Crippen LogP contribution in [0.1, 0.15) is 76.2 Å². The van der Waals surface area contributed by atoms with Crippen LogP contribution in [-0.4, -0.2) is 54.0 Å². The highest BCUT2D eigenvalue weighted by molar-refractivity contribution is 6.01. The van der Waals surface area contributed by atoms with Gasteiger partial charge in [0.2, 0.25) is 11.8 Å². The van der Waals surface area contributed by atoms with Crippen molar-refractivity contribution in [3.05, 3.63) is 29.8 Å². The Morgan fingerprint density at radius 3 is 2.52 bits per heavy atom. The standard InChI is InChI=1S/C19H25N3O4.C7H14/c23-17-10-15(14-4-1-2-5-16(14)21-17)19(26)22(9-3-6-18(24)25)12-13-7-8-20-11-13;1-7-5-3-2-4-6-7/h1-2,4-5,13,15,20H,3,6-12H2,(H,21,23)(H,24,25);7H,2-6H2,1H3. The number of anilines is 1. The molecule has 182 valence electrons. The summed E-state index contributed by atoms with van der Waals surface area (Å²) in [6.07, 6.45) is 9.03. The quantitative estimate of drug-likeness (QED) is 0.575. The lowest BCUT2D eigenvalue weighted by molar-refractivity contribution is -0.139. The number of aliphatic carboxylic acids is 1. The fourth-order valence-electron chi connectivity index (χ4n) is 5.05. The molecule has 1 aromatic carbocycles. The zero-order valence-corrected chi connectivity index (χ0v) is 19.9. The summed E-state index contributed by atoms with van der Waals surface area (Å²) in [5.41, 5.74) is 1.53. The third-order valence-electron chi connectivity index (χ3n) is 6.96. The summed E-state index contributed by atoms with van der Waals surface area (Å²) in [6.45, 7) is 5.17. The highest BCUT2D eigenvalue weighted by atomic mass is 16.4. The number of nitrogens with zero attached hydrogens (tertiary/aromatic N) is 1. The maximum Gasteiger partial charge on any atom is 0.303 e. The fourth-order valence-corrected chi connectivity index (χ4v) is 5.05. The number of hydrogen-bond acceptors (Lipinski definition) is 4. The summed E-state index contributed by atoms with van der Waals surface area (Å²) < 4.78 is 0. The Balaban J connectivity index is 0.000000374. The van der Waals surface area contributed by atoms with Crippen molar-refractivity contribution < 1.29 is 19.5 Å². The minimum absolute atomic E-state index is 0.0361. The molecule has 1 saturated carbocycles. The van der Waals surface area contributed by atoms with Gasteiger partial charge >= 0.3 is 5.97 Å². The summed E-state index contributed by atoms with van der Waals surface area (Å²) in [6, 6.07) is 7.39. The molecule has 1 aliphatic carbocycles. The number of rotatable bonds is 7. The second kappa shape index (κ2) is 12.7. The number of para-hydroxylation sites is 1. The van der Waals surface area contributed by atoms with E-state index in [4.69, 9.17) is 5.11 Å². The van der Waals surface area contributed by atoms with E-state index in [1.807, 2.05) is 24.3 Å². The van der Waals surface area contributed by atoms with Gasteiger partial charge in [-0.05, 0) is 49.4 Å². The van der Waals surface area contributed by atoms with Crippen molar-refractivity contribution >= 4 is 23.5 Å². The van der Waals surface area contributed by atoms with Crippen molar-refractivity contribution in [1.82, 2.24) is 10.2 Å². The van der Waals surface area contributed by atoms with Crippen molar-refractivity contribution in [2.45, 2.75) is 70.6 Å². The molecule has 0 radical (unpaired) electrons. The Morgan fingerprint density at radius 1 is 1.12 bits per heavy atom. The zero-order chi connectivity index (χ0) is 23.6. The predicted molar refractivity (Wildman–Crippen MR) is 129 cm³/mol. The lowest BCUT2D eigenvalue weighted by Crippen LogP contribution is -2.42. The molecular weight excluding hydrogens is 418 g/mol. The summed E-state index contributed by atoms with van der Waals surface area (Å²) in [5, 5.41) is 15.0. The molecule has 2 heterocycles. The van der Waals surface area contributed by atoms with Crippen LogP contribution in [0.4, 0.5) is 5.69 Å². The highest BCUT2D eigenvalue weighted by Crippen LogP contribution is 2.33. The largest absolute Gasteiger partial charge is 0.481 e. The number of fused-ring (bicyclic) bond motifs is 1. The Hall–Kier alpha value is -2.41. The molecule has 0 aromatic heterocycles. The molecule has 7 heteroatoms. The van der Waals surface area contributed by atoms with Gasteiger partial charge in [0.15, 0.2) is 0 Å². The van der Waals surface area contributed by atoms with Crippen LogP contribution in [0.15, 0.2) is 24.3 Å². The minimum Gasteiger partial charge on any atom is -0.481 e. The molecule has 1 saturated heterocycles. The molecule has 1 aromatic rings. The fraction of sp³-hybridized carbons (Fsp3) is 0.654. The molecule has 2 fully saturated rings. The zero-order valence-electron chi connectivity index (χ0n) is 19.9. The summed E-state index contributed by atoms with van der Waals surface area (Å²) in [7, 11) is 0. The van der Waals surface area contributed by atoms with E-state index in [9.17, 15) is 14.4 Å². The topological polar surface area (TPSA) is 98.7 Å². The first-order valence-corrected chi connectivity index (χ1v) is 12.5. The van der Waals surface area contributed by atoms with Crippen LogP contribution in [0.2, 0.25) is 0 Å². The number of carbonyl (C=O) groups excluding carboxylic acids is 2. The number of amides is 2. The molecular formula is C26H39N3O4. The van der Waals surface area contributed by atoms with Crippen molar-refractivity contribution in [3.63, 3.8) is 0 Å². The molecule has 3 N–H and O–H groups in total. The van der Waals surface area contributed by atoms with Crippen LogP contribution >= 0.6 is 0 Å². The Labute approximate surface area is 197 Å². The maximum absolute atomic E-state index is 13.2. The molecule has 3 aliphatic rings. The van der Waals surface area contributed by atoms with Crippen molar-refractivity contribution in [1.29, 1.82) is 0 Å². The third kappa shape index (κ3) is 7.84. The van der Waals surface area contributed by atoms with Crippen molar-refractivity contribution in [2.75, 3.05) is 31.5 Å². The van der Waals surface area contributed by atoms with Gasteiger partial charge in [0.25, 0.3) is 0 Å². The van der Waals surface area contributed by atoms with Gasteiger partial charge in [0, 0.05) is 31.6 Å². The van der Waals surface area contributed by atoms with E-state index < -0.39 is 11.9 Å². The lowest BCUT2D eigenvalue weighted by atomic mass is 9.89. The second-order valence-electron chi connectivity index (χ2n) is 9.78. The van der Waals surface area contributed by atoms with Gasteiger partial charge in [-0.2, -0.15) is 0 Å². The molecule has 2 atom stereocenters. The van der Waals surface area contributed by atoms with E-state index in [0.29, 0.717) is 31.1 Å². The predicted octanol–water partition coefficient (Wildman–Crippen LogP) is 4.00. The van der Waals surface area contributed by atoms with Gasteiger partial charge in [-0.1, -0.05) is 57.2 Å². The van der Waals surface area contributed by atoms with E-state index in [0.717, 1.165) is 31.0 Å². The molecule has 2 amide bonds. The average molecular weight is 458 g/mol. The number of nitrogens with one attached hydrogen (secondary N) is 2. The summed E-state index contributed by atoms with van der Waals surface area (Å²) in [4.78, 5) is 37.9. The number of carboxylic acids is 1. The highest BCUT2D eigenvalue weighted by Gasteiger charge is 2.34. The lowest BCUT2D eigenvalue weighted by Gasteiger charge is -2.32.